The van der Waals surface area contributed by atoms with Gasteiger partial charge in [-0.1, -0.05) is 28.1 Å². The van der Waals surface area contributed by atoms with Gasteiger partial charge in [-0.25, -0.2) is 0 Å². The average Bonchev–Trinajstić information content (AvgIpc) is 2.34. The summed E-state index contributed by atoms with van der Waals surface area (Å²) in [5.41, 5.74) is 1.76. The van der Waals surface area contributed by atoms with Crippen molar-refractivity contribution in [1.82, 2.24) is 5.32 Å². The Bertz CT molecular complexity index is 481. The maximum atomic E-state index is 11.5. The number of hydrogen-bond acceptors (Lipinski definition) is 2. The van der Waals surface area contributed by atoms with Gasteiger partial charge in [-0.3, -0.25) is 4.79 Å². The Labute approximate surface area is 116 Å². The zero-order valence-electron chi connectivity index (χ0n) is 10.5. The van der Waals surface area contributed by atoms with Crippen LogP contribution in [0.1, 0.15) is 12.5 Å². The first-order valence-corrected chi connectivity index (χ1v) is 6.26. The van der Waals surface area contributed by atoms with Crippen LogP contribution in [0.3, 0.4) is 0 Å². The van der Waals surface area contributed by atoms with Crippen molar-refractivity contribution >= 4 is 27.9 Å². The van der Waals surface area contributed by atoms with Crippen molar-refractivity contribution in [3.63, 3.8) is 0 Å². The van der Waals surface area contributed by atoms with E-state index in [1.165, 1.54) is 6.08 Å². The molecule has 1 amide bonds. The van der Waals surface area contributed by atoms with Crippen LogP contribution in [0.5, 0.6) is 5.75 Å². The lowest BCUT2D eigenvalue weighted by Crippen LogP contribution is -2.22. The Balaban J connectivity index is 2.74. The molecule has 0 aromatic heterocycles. The summed E-state index contributed by atoms with van der Waals surface area (Å²) in [6, 6.07) is 5.62. The van der Waals surface area contributed by atoms with Gasteiger partial charge in [-0.2, -0.15) is 0 Å². The number of carbonyl (C=O) groups excluding carboxylic acids is 1. The second-order valence-corrected chi connectivity index (χ2v) is 4.81. The highest BCUT2D eigenvalue weighted by Gasteiger charge is 2.01. The predicted octanol–water partition coefficient (Wildman–Crippen LogP) is 3.16. The van der Waals surface area contributed by atoms with Crippen molar-refractivity contribution < 1.29 is 9.53 Å². The van der Waals surface area contributed by atoms with Crippen molar-refractivity contribution in [2.24, 2.45) is 0 Å². The third-order valence-corrected chi connectivity index (χ3v) is 2.66. The van der Waals surface area contributed by atoms with Crippen molar-refractivity contribution in [2.75, 3.05) is 13.7 Å². The van der Waals surface area contributed by atoms with Crippen LogP contribution in [0.4, 0.5) is 0 Å². The average molecular weight is 310 g/mol. The van der Waals surface area contributed by atoms with Crippen LogP contribution in [-0.2, 0) is 4.79 Å². The van der Waals surface area contributed by atoms with Gasteiger partial charge in [-0.15, -0.1) is 0 Å². The zero-order chi connectivity index (χ0) is 13.5. The van der Waals surface area contributed by atoms with Gasteiger partial charge in [0.2, 0.25) is 5.91 Å². The molecule has 3 nitrogen and oxygen atoms in total. The van der Waals surface area contributed by atoms with Gasteiger partial charge < -0.3 is 10.1 Å². The van der Waals surface area contributed by atoms with Gasteiger partial charge >= 0.3 is 0 Å². The molecule has 0 bridgehead atoms. The van der Waals surface area contributed by atoms with E-state index in [0.717, 1.165) is 21.4 Å². The van der Waals surface area contributed by atoms with Crippen LogP contribution in [0.25, 0.3) is 6.08 Å². The lowest BCUT2D eigenvalue weighted by atomic mass is 10.2. The molecule has 1 rings (SSSR count). The van der Waals surface area contributed by atoms with E-state index in [1.807, 2.05) is 25.1 Å². The van der Waals surface area contributed by atoms with Crippen LogP contribution in [0.2, 0.25) is 0 Å². The summed E-state index contributed by atoms with van der Waals surface area (Å²) in [4.78, 5) is 11.5. The number of benzene rings is 1. The summed E-state index contributed by atoms with van der Waals surface area (Å²) in [6.07, 6.45) is 3.20. The van der Waals surface area contributed by atoms with E-state index in [0.29, 0.717) is 6.54 Å². The maximum absolute atomic E-state index is 11.5. The molecule has 0 aliphatic rings. The van der Waals surface area contributed by atoms with Crippen LogP contribution < -0.4 is 10.1 Å². The van der Waals surface area contributed by atoms with E-state index >= 15 is 0 Å². The van der Waals surface area contributed by atoms with Crippen molar-refractivity contribution in [1.29, 1.82) is 0 Å². The lowest BCUT2D eigenvalue weighted by molar-refractivity contribution is -0.116. The predicted molar refractivity (Wildman–Crippen MR) is 77.6 cm³/mol. The maximum Gasteiger partial charge on any atom is 0.244 e. The minimum absolute atomic E-state index is 0.153. The summed E-state index contributed by atoms with van der Waals surface area (Å²) in [6.45, 7) is 6.07. The molecule has 0 unspecified atom stereocenters. The number of methoxy groups -OCH3 is 1. The fraction of sp³-hybridized carbons (Fsp3) is 0.214. The van der Waals surface area contributed by atoms with Gasteiger partial charge in [0.25, 0.3) is 0 Å². The fourth-order valence-corrected chi connectivity index (χ4v) is 1.68. The molecule has 0 atom stereocenters. The van der Waals surface area contributed by atoms with Crippen molar-refractivity contribution in [3.05, 3.63) is 46.5 Å². The standard InChI is InChI=1S/C14H16BrNO2/c1-10(2)9-16-14(17)7-4-11-8-12(15)5-6-13(11)18-3/h4-8H,1,9H2,2-3H3,(H,16,17)/b7-4+. The van der Waals surface area contributed by atoms with E-state index in [-0.39, 0.29) is 5.91 Å². The summed E-state index contributed by atoms with van der Waals surface area (Å²) in [7, 11) is 1.60. The summed E-state index contributed by atoms with van der Waals surface area (Å²) >= 11 is 3.38. The van der Waals surface area contributed by atoms with Crippen LogP contribution >= 0.6 is 15.9 Å². The molecule has 0 aliphatic heterocycles. The number of rotatable bonds is 5. The fourth-order valence-electron chi connectivity index (χ4n) is 1.30. The molecule has 0 heterocycles. The molecule has 4 heteroatoms. The highest BCUT2D eigenvalue weighted by Crippen LogP contribution is 2.23. The summed E-state index contributed by atoms with van der Waals surface area (Å²) < 4.78 is 6.15. The normalized spacial score (nSPS) is 10.4. The van der Waals surface area contributed by atoms with Crippen LogP contribution in [-0.4, -0.2) is 19.6 Å². The van der Waals surface area contributed by atoms with Crippen LogP contribution in [0.15, 0.2) is 40.9 Å². The molecule has 0 aliphatic carbocycles. The molecule has 0 saturated heterocycles. The molecule has 96 valence electrons. The minimum atomic E-state index is -0.153. The molecular weight excluding hydrogens is 294 g/mol. The van der Waals surface area contributed by atoms with Gasteiger partial charge in [0.05, 0.1) is 7.11 Å². The molecule has 18 heavy (non-hydrogen) atoms. The van der Waals surface area contributed by atoms with E-state index in [9.17, 15) is 4.79 Å². The Morgan fingerprint density at radius 2 is 2.28 bits per heavy atom. The van der Waals surface area contributed by atoms with Gasteiger partial charge in [0, 0.05) is 22.7 Å². The molecule has 0 radical (unpaired) electrons. The third kappa shape index (κ3) is 4.75. The molecule has 0 saturated carbocycles. The third-order valence-electron chi connectivity index (χ3n) is 2.17. The van der Waals surface area contributed by atoms with E-state index < -0.39 is 0 Å². The van der Waals surface area contributed by atoms with Crippen molar-refractivity contribution in [2.45, 2.75) is 6.92 Å². The molecule has 1 aromatic rings. The highest BCUT2D eigenvalue weighted by molar-refractivity contribution is 9.10. The number of hydrogen-bond donors (Lipinski definition) is 1. The summed E-state index contributed by atoms with van der Waals surface area (Å²) in [5, 5.41) is 2.73. The molecule has 0 fully saturated rings. The Kier molecular flexibility index (Phi) is 5.65. The van der Waals surface area contributed by atoms with Crippen LogP contribution in [0, 0.1) is 0 Å². The monoisotopic (exact) mass is 309 g/mol. The highest BCUT2D eigenvalue weighted by atomic mass is 79.9. The SMILES string of the molecule is C=C(C)CNC(=O)/C=C/c1cc(Br)ccc1OC. The second kappa shape index (κ2) is 7.01. The molecule has 0 spiro atoms. The number of halogens is 1. The first kappa shape index (κ1) is 14.5. The zero-order valence-corrected chi connectivity index (χ0v) is 12.1. The van der Waals surface area contributed by atoms with Gasteiger partial charge in [-0.05, 0) is 31.2 Å². The topological polar surface area (TPSA) is 38.3 Å². The lowest BCUT2D eigenvalue weighted by Gasteiger charge is -2.05. The largest absolute Gasteiger partial charge is 0.496 e. The molecular formula is C14H16BrNO2. The quantitative estimate of drug-likeness (QED) is 0.670. The number of nitrogens with one attached hydrogen (secondary N) is 1. The summed E-state index contributed by atoms with van der Waals surface area (Å²) in [5.74, 6) is 0.571. The van der Waals surface area contributed by atoms with E-state index in [4.69, 9.17) is 4.74 Å². The second-order valence-electron chi connectivity index (χ2n) is 3.89. The molecule has 1 aromatic carbocycles. The van der Waals surface area contributed by atoms with Gasteiger partial charge in [0.1, 0.15) is 5.75 Å². The minimum Gasteiger partial charge on any atom is -0.496 e. The first-order valence-electron chi connectivity index (χ1n) is 5.46. The number of amides is 1. The first-order chi connectivity index (χ1) is 8.52. The van der Waals surface area contributed by atoms with E-state index in [2.05, 4.69) is 27.8 Å². The number of ether oxygens (including phenoxy) is 1. The Morgan fingerprint density at radius 3 is 2.89 bits per heavy atom. The Morgan fingerprint density at radius 1 is 1.56 bits per heavy atom. The van der Waals surface area contributed by atoms with Gasteiger partial charge in [0.15, 0.2) is 0 Å². The van der Waals surface area contributed by atoms with E-state index in [1.54, 1.807) is 13.2 Å². The smallest absolute Gasteiger partial charge is 0.244 e. The van der Waals surface area contributed by atoms with Crippen molar-refractivity contribution in [3.8, 4) is 5.75 Å². The molecule has 1 N–H and O–H groups in total. The number of carbonyl (C=O) groups is 1. The Hall–Kier alpha value is -1.55.